The molecule has 1 saturated carbocycles. The number of carbonyl (C=O) groups excluding carboxylic acids is 2. The van der Waals surface area contributed by atoms with E-state index in [0.29, 0.717) is 26.1 Å². The van der Waals surface area contributed by atoms with Crippen molar-refractivity contribution in [1.82, 2.24) is 5.32 Å². The average Bonchev–Trinajstić information content (AvgIpc) is 3.13. The number of alkyl carbamates (subject to hydrolysis) is 1. The average molecular weight is 386 g/mol. The Labute approximate surface area is 164 Å². The van der Waals surface area contributed by atoms with Gasteiger partial charge in [-0.05, 0) is 19.3 Å². The highest BCUT2D eigenvalue weighted by Crippen LogP contribution is 2.31. The number of methoxy groups -OCH3 is 1. The van der Waals surface area contributed by atoms with Crippen LogP contribution in [0.25, 0.3) is 0 Å². The third kappa shape index (κ3) is 9.99. The second-order valence-corrected chi connectivity index (χ2v) is 7.51. The predicted molar refractivity (Wildman–Crippen MR) is 106 cm³/mol. The van der Waals surface area contributed by atoms with Crippen LogP contribution < -0.4 is 5.32 Å². The van der Waals surface area contributed by atoms with Gasteiger partial charge in [0.2, 0.25) is 0 Å². The van der Waals surface area contributed by atoms with Gasteiger partial charge >= 0.3 is 12.1 Å². The standard InChI is InChI=1S/C21H39NO5/c1-3-4-5-6-7-8-9-10-13-16-26-19(23)21(14-11-12-15-21)22-20(24)27-18-17-25-2/h3-18H2,1-2H3,(H,22,24). The van der Waals surface area contributed by atoms with Crippen LogP contribution in [0.1, 0.15) is 90.4 Å². The summed E-state index contributed by atoms with van der Waals surface area (Å²) in [4.78, 5) is 24.5. The van der Waals surface area contributed by atoms with Crippen LogP contribution in [0.4, 0.5) is 4.79 Å². The molecule has 1 aliphatic carbocycles. The third-order valence-corrected chi connectivity index (χ3v) is 5.19. The van der Waals surface area contributed by atoms with Gasteiger partial charge in [0.05, 0.1) is 13.2 Å². The lowest BCUT2D eigenvalue weighted by atomic mass is 9.98. The van der Waals surface area contributed by atoms with Crippen molar-refractivity contribution in [3.05, 3.63) is 0 Å². The van der Waals surface area contributed by atoms with E-state index in [4.69, 9.17) is 14.2 Å². The molecule has 0 aromatic heterocycles. The molecule has 0 saturated heterocycles. The molecule has 6 nitrogen and oxygen atoms in total. The minimum absolute atomic E-state index is 0.173. The highest BCUT2D eigenvalue weighted by Gasteiger charge is 2.44. The topological polar surface area (TPSA) is 73.9 Å². The van der Waals surface area contributed by atoms with Crippen LogP contribution in [0.3, 0.4) is 0 Å². The van der Waals surface area contributed by atoms with Crippen molar-refractivity contribution in [2.75, 3.05) is 26.9 Å². The molecule has 0 radical (unpaired) electrons. The Morgan fingerprint density at radius 1 is 0.815 bits per heavy atom. The molecule has 1 amide bonds. The summed E-state index contributed by atoms with van der Waals surface area (Å²) in [5.41, 5.74) is -0.913. The largest absolute Gasteiger partial charge is 0.464 e. The van der Waals surface area contributed by atoms with E-state index in [9.17, 15) is 9.59 Å². The summed E-state index contributed by atoms with van der Waals surface area (Å²) >= 11 is 0. The molecule has 0 atom stereocenters. The highest BCUT2D eigenvalue weighted by atomic mass is 16.6. The smallest absolute Gasteiger partial charge is 0.408 e. The van der Waals surface area contributed by atoms with Gasteiger partial charge in [-0.1, -0.05) is 71.1 Å². The zero-order valence-electron chi connectivity index (χ0n) is 17.4. The Hall–Kier alpha value is -1.30. The maximum atomic E-state index is 12.6. The molecule has 0 bridgehead atoms. The van der Waals surface area contributed by atoms with Crippen LogP contribution in [-0.4, -0.2) is 44.5 Å². The van der Waals surface area contributed by atoms with Gasteiger partial charge in [0.25, 0.3) is 0 Å². The first kappa shape index (κ1) is 23.7. The van der Waals surface area contributed by atoms with Crippen LogP contribution in [0.15, 0.2) is 0 Å². The van der Waals surface area contributed by atoms with Gasteiger partial charge < -0.3 is 19.5 Å². The first-order chi connectivity index (χ1) is 13.1. The Kier molecular flexibility index (Phi) is 12.9. The van der Waals surface area contributed by atoms with Gasteiger partial charge in [-0.15, -0.1) is 0 Å². The van der Waals surface area contributed by atoms with E-state index in [-0.39, 0.29) is 12.6 Å². The zero-order valence-corrected chi connectivity index (χ0v) is 17.4. The van der Waals surface area contributed by atoms with E-state index < -0.39 is 11.6 Å². The molecule has 1 aliphatic rings. The molecule has 0 spiro atoms. The Bertz CT molecular complexity index is 407. The fraction of sp³-hybridized carbons (Fsp3) is 0.905. The normalized spacial score (nSPS) is 15.5. The second kappa shape index (κ2) is 14.7. The first-order valence-electron chi connectivity index (χ1n) is 10.8. The predicted octanol–water partition coefficient (Wildman–Crippen LogP) is 4.75. The van der Waals surface area contributed by atoms with Crippen molar-refractivity contribution < 1.29 is 23.8 Å². The molecule has 1 N–H and O–H groups in total. The van der Waals surface area contributed by atoms with Crippen molar-refractivity contribution in [3.63, 3.8) is 0 Å². The van der Waals surface area contributed by atoms with Crippen molar-refractivity contribution in [2.45, 2.75) is 95.9 Å². The van der Waals surface area contributed by atoms with Gasteiger partial charge in [0.1, 0.15) is 12.1 Å². The van der Waals surface area contributed by atoms with E-state index in [1.807, 2.05) is 0 Å². The Morgan fingerprint density at radius 2 is 1.41 bits per heavy atom. The molecule has 1 fully saturated rings. The van der Waals surface area contributed by atoms with Crippen molar-refractivity contribution in [2.24, 2.45) is 0 Å². The molecular formula is C21H39NO5. The molecule has 158 valence electrons. The SMILES string of the molecule is CCCCCCCCCCCOC(=O)C1(NC(=O)OCCOC)CCCC1. The lowest BCUT2D eigenvalue weighted by Crippen LogP contribution is -2.53. The van der Waals surface area contributed by atoms with Crippen LogP contribution in [0.2, 0.25) is 0 Å². The van der Waals surface area contributed by atoms with Gasteiger partial charge in [0, 0.05) is 7.11 Å². The number of hydrogen-bond acceptors (Lipinski definition) is 5. The summed E-state index contributed by atoms with van der Waals surface area (Å²) in [6, 6.07) is 0. The number of nitrogens with one attached hydrogen (secondary N) is 1. The zero-order chi connectivity index (χ0) is 19.8. The Balaban J connectivity index is 2.18. The molecule has 0 heterocycles. The van der Waals surface area contributed by atoms with Crippen molar-refractivity contribution in [3.8, 4) is 0 Å². The molecular weight excluding hydrogens is 346 g/mol. The number of amides is 1. The van der Waals surface area contributed by atoms with Gasteiger partial charge in [-0.25, -0.2) is 9.59 Å². The van der Waals surface area contributed by atoms with E-state index in [2.05, 4.69) is 12.2 Å². The fourth-order valence-electron chi connectivity index (χ4n) is 3.52. The van der Waals surface area contributed by atoms with Gasteiger partial charge in [0.15, 0.2) is 0 Å². The number of ether oxygens (including phenoxy) is 3. The molecule has 0 aromatic carbocycles. The lowest BCUT2D eigenvalue weighted by molar-refractivity contribution is -0.151. The monoisotopic (exact) mass is 385 g/mol. The third-order valence-electron chi connectivity index (χ3n) is 5.19. The Morgan fingerprint density at radius 3 is 2.00 bits per heavy atom. The summed E-state index contributed by atoms with van der Waals surface area (Å²) < 4.78 is 15.4. The van der Waals surface area contributed by atoms with Gasteiger partial charge in [-0.3, -0.25) is 0 Å². The maximum Gasteiger partial charge on any atom is 0.408 e. The maximum absolute atomic E-state index is 12.6. The minimum atomic E-state index is -0.913. The fourth-order valence-corrected chi connectivity index (χ4v) is 3.52. The summed E-state index contributed by atoms with van der Waals surface area (Å²) in [6.45, 7) is 3.17. The van der Waals surface area contributed by atoms with Gasteiger partial charge in [-0.2, -0.15) is 0 Å². The second-order valence-electron chi connectivity index (χ2n) is 7.51. The molecule has 0 aromatic rings. The van der Waals surface area contributed by atoms with Crippen LogP contribution in [0.5, 0.6) is 0 Å². The molecule has 0 unspecified atom stereocenters. The molecule has 6 heteroatoms. The molecule has 27 heavy (non-hydrogen) atoms. The van der Waals surface area contributed by atoms with Crippen LogP contribution in [-0.2, 0) is 19.0 Å². The number of esters is 1. The highest BCUT2D eigenvalue weighted by molar-refractivity contribution is 5.86. The summed E-state index contributed by atoms with van der Waals surface area (Å²) in [5, 5.41) is 2.75. The van der Waals surface area contributed by atoms with E-state index in [0.717, 1.165) is 25.7 Å². The number of rotatable bonds is 15. The number of carbonyl (C=O) groups is 2. The minimum Gasteiger partial charge on any atom is -0.464 e. The van der Waals surface area contributed by atoms with E-state index in [1.165, 1.54) is 44.9 Å². The quantitative estimate of drug-likeness (QED) is 0.325. The summed E-state index contributed by atoms with van der Waals surface area (Å²) in [5.74, 6) is -0.316. The van der Waals surface area contributed by atoms with Crippen LogP contribution in [0, 0.1) is 0 Å². The van der Waals surface area contributed by atoms with Crippen molar-refractivity contribution >= 4 is 12.1 Å². The number of hydrogen-bond donors (Lipinski definition) is 1. The molecule has 0 aliphatic heterocycles. The lowest BCUT2D eigenvalue weighted by Gasteiger charge is -2.27. The summed E-state index contributed by atoms with van der Waals surface area (Å²) in [6.07, 6.45) is 13.5. The van der Waals surface area contributed by atoms with Crippen molar-refractivity contribution in [1.29, 1.82) is 0 Å². The molecule has 1 rings (SSSR count). The number of unbranched alkanes of at least 4 members (excludes halogenated alkanes) is 8. The van der Waals surface area contributed by atoms with E-state index >= 15 is 0 Å². The first-order valence-corrected chi connectivity index (χ1v) is 10.8. The van der Waals surface area contributed by atoms with E-state index in [1.54, 1.807) is 7.11 Å². The summed E-state index contributed by atoms with van der Waals surface area (Å²) in [7, 11) is 1.55. The van der Waals surface area contributed by atoms with Crippen LogP contribution >= 0.6 is 0 Å².